The van der Waals surface area contributed by atoms with Gasteiger partial charge >= 0.3 is 0 Å². The molecule has 0 aromatic heterocycles. The van der Waals surface area contributed by atoms with E-state index in [4.69, 9.17) is 9.10 Å². The molecule has 0 fully saturated rings. The highest BCUT2D eigenvalue weighted by Crippen LogP contribution is 2.34. The quantitative estimate of drug-likeness (QED) is 0.709. The van der Waals surface area contributed by atoms with Gasteiger partial charge in [0, 0.05) is 23.9 Å². The van der Waals surface area contributed by atoms with E-state index < -0.39 is 16.0 Å². The second-order valence-electron chi connectivity index (χ2n) is 6.78. The molecule has 1 unspecified atom stereocenters. The number of hydrogen-bond donors (Lipinski definition) is 0. The van der Waals surface area contributed by atoms with Gasteiger partial charge in [-0.25, -0.2) is 13.1 Å². The van der Waals surface area contributed by atoms with E-state index in [9.17, 15) is 8.78 Å². The van der Waals surface area contributed by atoms with Gasteiger partial charge in [-0.3, -0.25) is 0 Å². The molecule has 2 aliphatic rings. The first-order valence-corrected chi connectivity index (χ1v) is 10.8. The van der Waals surface area contributed by atoms with Crippen LogP contribution in [0.15, 0.2) is 57.0 Å². The molecule has 0 saturated heterocycles. The fourth-order valence-corrected chi connectivity index (χ4v) is 4.92. The summed E-state index contributed by atoms with van der Waals surface area (Å²) in [5, 5.41) is 7.52. The number of alkyl halides is 2. The van der Waals surface area contributed by atoms with Crippen LogP contribution in [-0.4, -0.2) is 37.1 Å². The molecule has 0 radical (unpaired) electrons. The second-order valence-corrected chi connectivity index (χ2v) is 9.39. The van der Waals surface area contributed by atoms with Gasteiger partial charge in [-0.15, -0.1) is 0 Å². The van der Waals surface area contributed by atoms with Crippen molar-refractivity contribution in [1.29, 1.82) is 0 Å². The first-order valence-electron chi connectivity index (χ1n) is 8.68. The van der Waals surface area contributed by atoms with E-state index in [1.807, 2.05) is 48.7 Å². The Kier molecular flexibility index (Phi) is 4.66. The van der Waals surface area contributed by atoms with Crippen LogP contribution in [0.25, 0.3) is 0 Å². The zero-order chi connectivity index (χ0) is 19.9. The van der Waals surface area contributed by atoms with Gasteiger partial charge in [-0.2, -0.15) is 10.2 Å². The Morgan fingerprint density at radius 3 is 2.54 bits per heavy atom. The SMILES string of the molecule is C=S1(C)=Nc2cc(C3=NN=C(C(F)F)C3)ccc2CN1c1ccc(OC)cc1. The van der Waals surface area contributed by atoms with E-state index in [1.165, 1.54) is 0 Å². The second kappa shape index (κ2) is 7.01. The maximum Gasteiger partial charge on any atom is 0.278 e. The van der Waals surface area contributed by atoms with E-state index >= 15 is 0 Å². The summed E-state index contributed by atoms with van der Waals surface area (Å²) < 4.78 is 37.9. The lowest BCUT2D eigenvalue weighted by molar-refractivity contribution is 0.224. The Bertz CT molecular complexity index is 1100. The van der Waals surface area contributed by atoms with Crippen molar-refractivity contribution in [3.8, 4) is 5.75 Å². The van der Waals surface area contributed by atoms with Gasteiger partial charge in [-0.05, 0) is 41.8 Å². The number of nitrogens with zero attached hydrogens (tertiary/aromatic N) is 4. The van der Waals surface area contributed by atoms with Crippen molar-refractivity contribution < 1.29 is 13.5 Å². The zero-order valence-corrected chi connectivity index (χ0v) is 16.4. The number of fused-ring (bicyclic) bond motifs is 1. The summed E-state index contributed by atoms with van der Waals surface area (Å²) in [4.78, 5) is 0. The Morgan fingerprint density at radius 1 is 1.14 bits per heavy atom. The molecular formula is C20H20F2N4OS. The third-order valence-corrected chi connectivity index (χ3v) is 6.64. The molecule has 0 bridgehead atoms. The molecule has 0 aliphatic carbocycles. The van der Waals surface area contributed by atoms with Crippen LogP contribution in [0, 0.1) is 0 Å². The number of benzene rings is 2. The number of methoxy groups -OCH3 is 1. The number of rotatable bonds is 4. The van der Waals surface area contributed by atoms with E-state index in [1.54, 1.807) is 7.11 Å². The molecule has 2 aromatic rings. The van der Waals surface area contributed by atoms with Crippen molar-refractivity contribution in [2.24, 2.45) is 14.6 Å². The summed E-state index contributed by atoms with van der Waals surface area (Å²) in [5.74, 6) is 5.15. The summed E-state index contributed by atoms with van der Waals surface area (Å²) in [5.41, 5.74) is 4.05. The minimum Gasteiger partial charge on any atom is -0.497 e. The van der Waals surface area contributed by atoms with Crippen LogP contribution in [0.1, 0.15) is 17.5 Å². The van der Waals surface area contributed by atoms with Crippen molar-refractivity contribution in [3.05, 3.63) is 53.6 Å². The lowest BCUT2D eigenvalue weighted by atomic mass is 10.0. The molecule has 1 atom stereocenters. The molecule has 8 heteroatoms. The van der Waals surface area contributed by atoms with Crippen LogP contribution in [0.3, 0.4) is 0 Å². The predicted octanol–water partition coefficient (Wildman–Crippen LogP) is 4.48. The Morgan fingerprint density at radius 2 is 1.89 bits per heavy atom. The van der Waals surface area contributed by atoms with Crippen LogP contribution in [0.4, 0.5) is 20.2 Å². The fourth-order valence-electron chi connectivity index (χ4n) is 3.23. The largest absolute Gasteiger partial charge is 0.497 e. The normalized spacial score (nSPS) is 21.1. The van der Waals surface area contributed by atoms with Crippen LogP contribution >= 0.6 is 0 Å². The molecule has 5 nitrogen and oxygen atoms in total. The smallest absolute Gasteiger partial charge is 0.278 e. The highest BCUT2D eigenvalue weighted by Gasteiger charge is 2.24. The van der Waals surface area contributed by atoms with Crippen molar-refractivity contribution in [1.82, 2.24) is 0 Å². The average molecular weight is 402 g/mol. The van der Waals surface area contributed by atoms with E-state index in [0.29, 0.717) is 12.3 Å². The molecule has 0 amide bonds. The molecule has 0 N–H and O–H groups in total. The van der Waals surface area contributed by atoms with Crippen LogP contribution in [0.5, 0.6) is 5.75 Å². The molecule has 0 spiro atoms. The van der Waals surface area contributed by atoms with Crippen molar-refractivity contribution in [3.63, 3.8) is 0 Å². The van der Waals surface area contributed by atoms with Gasteiger partial charge in [0.2, 0.25) is 0 Å². The Hall–Kier alpha value is -2.74. The summed E-state index contributed by atoms with van der Waals surface area (Å²) in [7, 11) is -0.0564. The van der Waals surface area contributed by atoms with E-state index in [-0.39, 0.29) is 12.1 Å². The highest BCUT2D eigenvalue weighted by atomic mass is 32.2. The van der Waals surface area contributed by atoms with Crippen molar-refractivity contribution in [2.75, 3.05) is 17.7 Å². The molecular weight excluding hydrogens is 382 g/mol. The standard InChI is InChI=1S/C20H20F2N4OS/c1-27-16-8-6-15(7-9-16)26-12-14-5-4-13(10-18(14)25-28(26,2)3)17-11-19(20(21)22)24-23-17/h4-10,20H,2,11-12H2,1,3H3. The van der Waals surface area contributed by atoms with Crippen molar-refractivity contribution >= 4 is 38.3 Å². The topological polar surface area (TPSA) is 49.5 Å². The molecule has 2 heterocycles. The molecule has 0 saturated carbocycles. The average Bonchev–Trinajstić information content (AvgIpc) is 3.17. The van der Waals surface area contributed by atoms with E-state index in [0.717, 1.165) is 28.3 Å². The minimum atomic E-state index is -2.57. The Balaban J connectivity index is 1.64. The van der Waals surface area contributed by atoms with E-state index in [2.05, 4.69) is 20.4 Å². The lowest BCUT2D eigenvalue weighted by Crippen LogP contribution is -2.31. The summed E-state index contributed by atoms with van der Waals surface area (Å²) in [6.45, 7) is 0.673. The number of ether oxygens (including phenoxy) is 1. The molecule has 2 aliphatic heterocycles. The number of halogens is 2. The van der Waals surface area contributed by atoms with Gasteiger partial charge in [0.25, 0.3) is 6.43 Å². The van der Waals surface area contributed by atoms with Gasteiger partial charge in [0.15, 0.2) is 0 Å². The van der Waals surface area contributed by atoms with Crippen molar-refractivity contribution in [2.45, 2.75) is 19.4 Å². The summed E-state index contributed by atoms with van der Waals surface area (Å²) in [6.07, 6.45) is -0.477. The third kappa shape index (κ3) is 3.40. The fraction of sp³-hybridized carbons (Fsp3) is 0.250. The maximum atomic E-state index is 12.8. The zero-order valence-electron chi connectivity index (χ0n) is 15.6. The number of hydrogen-bond acceptors (Lipinski definition) is 5. The molecule has 4 rings (SSSR count). The predicted molar refractivity (Wildman–Crippen MR) is 113 cm³/mol. The monoisotopic (exact) mass is 402 g/mol. The van der Waals surface area contributed by atoms with Gasteiger partial charge < -0.3 is 9.04 Å². The van der Waals surface area contributed by atoms with Gasteiger partial charge in [-0.1, -0.05) is 21.7 Å². The first kappa shape index (κ1) is 18.6. The van der Waals surface area contributed by atoms with Gasteiger partial charge in [0.05, 0.1) is 25.1 Å². The summed E-state index contributed by atoms with van der Waals surface area (Å²) in [6, 6.07) is 13.6. The first-order chi connectivity index (χ1) is 13.4. The maximum absolute atomic E-state index is 12.8. The van der Waals surface area contributed by atoms with Crippen LogP contribution < -0.4 is 9.04 Å². The highest BCUT2D eigenvalue weighted by molar-refractivity contribution is 8.03. The molecule has 28 heavy (non-hydrogen) atoms. The Labute approximate surface area is 163 Å². The minimum absolute atomic E-state index is 0.0723. The lowest BCUT2D eigenvalue weighted by Gasteiger charge is -2.34. The van der Waals surface area contributed by atoms with Gasteiger partial charge in [0.1, 0.15) is 11.5 Å². The molecule has 2 aromatic carbocycles. The van der Waals surface area contributed by atoms with Crippen LogP contribution in [0.2, 0.25) is 0 Å². The number of anilines is 1. The molecule has 146 valence electrons. The van der Waals surface area contributed by atoms with Crippen LogP contribution in [-0.2, 0) is 16.1 Å². The third-order valence-electron chi connectivity index (χ3n) is 4.76. The summed E-state index contributed by atoms with van der Waals surface area (Å²) >= 11 is 0.